The molecule has 0 heterocycles. The van der Waals surface area contributed by atoms with E-state index in [1.807, 2.05) is 14.1 Å². The molecule has 5 radical (unpaired) electrons. The van der Waals surface area contributed by atoms with E-state index in [2.05, 4.69) is 0 Å². The number of hydrogen-bond donors (Lipinski definition) is 0. The number of rotatable bonds is 4. The number of hydrogen-bond acceptors (Lipinski definition) is 2. The van der Waals surface area contributed by atoms with Gasteiger partial charge in [-0.05, 0) is 13.8 Å². The summed E-state index contributed by atoms with van der Waals surface area (Å²) in [4.78, 5) is 20.1. The molecule has 69 valence electrons. The van der Waals surface area contributed by atoms with Crippen LogP contribution in [0.5, 0.6) is 0 Å². The van der Waals surface area contributed by atoms with E-state index < -0.39 is 0 Å². The van der Waals surface area contributed by atoms with Crippen LogP contribution in [0.15, 0.2) is 0 Å². The second-order valence-electron chi connectivity index (χ2n) is 2.42. The Kier molecular flexibility index (Phi) is 21.4. The van der Waals surface area contributed by atoms with Gasteiger partial charge >= 0.3 is 0 Å². The summed E-state index contributed by atoms with van der Waals surface area (Å²) in [5, 5.41) is 0. The maximum absolute atomic E-state index is 10.0. The van der Waals surface area contributed by atoms with Crippen molar-refractivity contribution >= 4 is 33.5 Å². The van der Waals surface area contributed by atoms with Crippen LogP contribution in [-0.2, 0) is 30.0 Å². The van der Waals surface area contributed by atoms with Crippen LogP contribution in [0.2, 0.25) is 6.32 Å². The average molecular weight is 348 g/mol. The molecular weight excluding hydrogens is 335 g/mol. The minimum Gasteiger partial charge on any atom is -0.300 e. The molecule has 0 rings (SSSR count). The zero-order valence-electron chi connectivity index (χ0n) is 8.34. The van der Waals surface area contributed by atoms with E-state index in [-0.39, 0.29) is 38.4 Å². The van der Waals surface area contributed by atoms with Gasteiger partial charge in [-0.15, -0.1) is 0 Å². The van der Waals surface area contributed by atoms with Gasteiger partial charge in [-0.1, -0.05) is 13.2 Å². The van der Waals surface area contributed by atoms with Crippen LogP contribution in [0.1, 0.15) is 27.2 Å². The summed E-state index contributed by atoms with van der Waals surface area (Å²) in [5.41, 5.74) is 0. The molecule has 0 unspecified atom stereocenters. The Labute approximate surface area is 97.1 Å². The molecule has 13 heavy (non-hydrogen) atoms. The average Bonchev–Trinajstić information content (AvgIpc) is 1.87. The number of ketones is 2. The molecule has 0 atom stereocenters. The topological polar surface area (TPSA) is 34.1 Å². The van der Waals surface area contributed by atoms with E-state index in [9.17, 15) is 9.59 Å². The molecule has 0 aromatic rings. The monoisotopic (exact) mass is 349 g/mol. The van der Waals surface area contributed by atoms with Crippen molar-refractivity contribution in [1.82, 2.24) is 0 Å². The molecule has 0 aliphatic rings. The van der Waals surface area contributed by atoms with Gasteiger partial charge in [0.15, 0.2) is 0 Å². The fourth-order valence-electron chi connectivity index (χ4n) is 0.487. The van der Waals surface area contributed by atoms with Gasteiger partial charge in [0.25, 0.3) is 0 Å². The van der Waals surface area contributed by atoms with E-state index in [4.69, 9.17) is 7.74 Å². The summed E-state index contributed by atoms with van der Waals surface area (Å²) < 4.78 is 0. The van der Waals surface area contributed by atoms with Crippen LogP contribution >= 0.6 is 0 Å². The van der Waals surface area contributed by atoms with Crippen LogP contribution in [0.4, 0.5) is 0 Å². The first-order valence-corrected chi connectivity index (χ1v) is 3.90. The van der Waals surface area contributed by atoms with Crippen LogP contribution in [0.25, 0.3) is 0 Å². The fraction of sp³-hybridized carbons (Fsp3) is 0.714. The van der Waals surface area contributed by atoms with E-state index >= 15 is 0 Å². The molecule has 0 fully saturated rings. The molecule has 0 spiro atoms. The zero-order valence-corrected chi connectivity index (χ0v) is 11.1. The third kappa shape index (κ3) is 33.0. The van der Waals surface area contributed by atoms with Crippen molar-refractivity contribution in [2.75, 3.05) is 0 Å². The Morgan fingerprint density at radius 2 is 1.62 bits per heavy atom. The van der Waals surface area contributed by atoms with Crippen molar-refractivity contribution in [3.63, 3.8) is 0 Å². The summed E-state index contributed by atoms with van der Waals surface area (Å²) in [6, 6.07) is 0. The molecule has 0 N–H and O–H groups in total. The predicted molar refractivity (Wildman–Crippen MR) is 53.7 cm³/mol. The Morgan fingerprint density at radius 3 is 1.62 bits per heavy atom. The van der Waals surface area contributed by atoms with Gasteiger partial charge in [0, 0.05) is 35.2 Å². The first-order chi connectivity index (χ1) is 5.54. The number of Topliss-reactive ketones (excluding diaryl/α,β-unsaturated/α-hetero) is 2. The maximum atomic E-state index is 10.0. The third-order valence-corrected chi connectivity index (χ3v) is 0.870. The smallest absolute Gasteiger partial charge is 0.137 e. The van der Waals surface area contributed by atoms with Gasteiger partial charge in [0.1, 0.15) is 11.6 Å². The van der Waals surface area contributed by atoms with Crippen molar-refractivity contribution in [1.29, 1.82) is 0 Å². The molecule has 0 aromatic carbocycles. The summed E-state index contributed by atoms with van der Waals surface area (Å²) in [5.74, 6) is -0.125. The standard InChI is InChI=1S/C5H8O2.C2H5B3.Re/c1-4(6)3-5(2)7;1-2-4-5-3;/h3H2,1-2H3;2H2,1H3;. The van der Waals surface area contributed by atoms with Crippen LogP contribution in [0.3, 0.4) is 0 Å². The summed E-state index contributed by atoms with van der Waals surface area (Å²) in [6.45, 7) is 4.85. The number of carbonyl (C=O) groups excluding carboxylic acids is 2. The molecule has 0 aromatic heterocycles. The Hall–Kier alpha value is 0.197. The fourth-order valence-corrected chi connectivity index (χ4v) is 0.487. The van der Waals surface area contributed by atoms with Gasteiger partial charge in [0.05, 0.1) is 13.6 Å². The molecule has 0 saturated heterocycles. The molecular formula is C7H13B3O2Re. The first kappa shape index (κ1) is 18.9. The van der Waals surface area contributed by atoms with E-state index in [1.165, 1.54) is 13.8 Å². The van der Waals surface area contributed by atoms with Gasteiger partial charge in [-0.2, -0.15) is 0 Å². The van der Waals surface area contributed by atoms with E-state index in [0.29, 0.717) is 0 Å². The third-order valence-electron chi connectivity index (χ3n) is 0.870. The second kappa shape index (κ2) is 14.7. The minimum absolute atomic E-state index is 0. The normalized spacial score (nSPS) is 7.00. The van der Waals surface area contributed by atoms with Crippen LogP contribution in [0, 0.1) is 0 Å². The minimum atomic E-state index is -0.0625. The Bertz CT molecular complexity index is 128. The second-order valence-corrected chi connectivity index (χ2v) is 2.42. The predicted octanol–water partition coefficient (Wildman–Crippen LogP) is 0.383. The van der Waals surface area contributed by atoms with E-state index in [1.54, 1.807) is 7.06 Å². The molecule has 0 saturated carbocycles. The summed E-state index contributed by atoms with van der Waals surface area (Å²) in [7, 11) is 8.42. The van der Waals surface area contributed by atoms with Crippen molar-refractivity contribution in [3.8, 4) is 0 Å². The number of carbonyl (C=O) groups is 2. The Balaban J connectivity index is -0.000000150. The molecule has 6 heteroatoms. The quantitative estimate of drug-likeness (QED) is 0.544. The molecule has 0 aliphatic carbocycles. The van der Waals surface area contributed by atoms with Gasteiger partial charge in [0.2, 0.25) is 0 Å². The van der Waals surface area contributed by atoms with Crippen LogP contribution in [-0.4, -0.2) is 33.5 Å². The van der Waals surface area contributed by atoms with Crippen molar-refractivity contribution in [3.05, 3.63) is 0 Å². The zero-order chi connectivity index (χ0) is 9.98. The van der Waals surface area contributed by atoms with Crippen molar-refractivity contribution in [2.45, 2.75) is 33.5 Å². The van der Waals surface area contributed by atoms with Gasteiger partial charge in [-0.3, -0.25) is 9.59 Å². The SMILES string of the molecule is CC(=O)CC(C)=O.[B][B][B]CC.[Re]. The largest absolute Gasteiger partial charge is 0.300 e. The summed E-state index contributed by atoms with van der Waals surface area (Å²) >= 11 is 0. The molecule has 0 aliphatic heterocycles. The maximum Gasteiger partial charge on any atom is 0.137 e. The molecule has 0 bridgehead atoms. The van der Waals surface area contributed by atoms with Crippen LogP contribution < -0.4 is 0 Å². The van der Waals surface area contributed by atoms with Crippen molar-refractivity contribution in [2.24, 2.45) is 0 Å². The van der Waals surface area contributed by atoms with Gasteiger partial charge < -0.3 is 0 Å². The van der Waals surface area contributed by atoms with E-state index in [0.717, 1.165) is 6.32 Å². The molecule has 2 nitrogen and oxygen atoms in total. The first-order valence-electron chi connectivity index (χ1n) is 3.90. The summed E-state index contributed by atoms with van der Waals surface area (Å²) in [6.07, 6.45) is 1.12. The Morgan fingerprint density at radius 1 is 1.23 bits per heavy atom. The van der Waals surface area contributed by atoms with Gasteiger partial charge in [-0.25, -0.2) is 0 Å². The van der Waals surface area contributed by atoms with Crippen molar-refractivity contribution < 1.29 is 30.0 Å². The molecule has 0 amide bonds.